The summed E-state index contributed by atoms with van der Waals surface area (Å²) >= 11 is 0. The molecule has 128 valence electrons. The molecule has 3 heterocycles. The van der Waals surface area contributed by atoms with Crippen LogP contribution in [0.15, 0.2) is 18.3 Å². The fourth-order valence-electron chi connectivity index (χ4n) is 3.83. The maximum absolute atomic E-state index is 12.4. The van der Waals surface area contributed by atoms with Crippen LogP contribution in [0.4, 0.5) is 4.79 Å². The maximum atomic E-state index is 12.4. The summed E-state index contributed by atoms with van der Waals surface area (Å²) in [6.45, 7) is 6.34. The highest BCUT2D eigenvalue weighted by Gasteiger charge is 2.31. The number of aryl methyl sites for hydroxylation is 2. The number of aromatic nitrogens is 1. The zero-order chi connectivity index (χ0) is 16.2. The van der Waals surface area contributed by atoms with Crippen molar-refractivity contribution < 1.29 is 4.79 Å². The molecule has 1 N–H and O–H groups in total. The summed E-state index contributed by atoms with van der Waals surface area (Å²) in [4.78, 5) is 17.0. The molecule has 3 rings (SSSR count). The molecule has 2 aliphatic heterocycles. The van der Waals surface area contributed by atoms with Crippen molar-refractivity contribution in [1.82, 2.24) is 19.7 Å². The minimum atomic E-state index is 0.117. The number of hydrogen-bond acceptors (Lipinski definition) is 2. The highest BCUT2D eigenvalue weighted by Crippen LogP contribution is 2.20. The lowest BCUT2D eigenvalue weighted by Gasteiger charge is -2.24. The third kappa shape index (κ3) is 4.08. The van der Waals surface area contributed by atoms with Gasteiger partial charge in [-0.2, -0.15) is 0 Å². The minimum Gasteiger partial charge on any atom is -0.354 e. The first-order chi connectivity index (χ1) is 11.1. The quantitative estimate of drug-likeness (QED) is 0.904. The van der Waals surface area contributed by atoms with Gasteiger partial charge >= 0.3 is 6.03 Å². The van der Waals surface area contributed by atoms with Crippen LogP contribution in [-0.4, -0.2) is 58.7 Å². The SMILES string of the molecule is CC(CCc1cccn1C)NC(=O)N1CCC(N2CCCC2)C1. The van der Waals surface area contributed by atoms with Crippen molar-refractivity contribution in [2.75, 3.05) is 26.2 Å². The molecule has 2 aliphatic rings. The van der Waals surface area contributed by atoms with E-state index in [9.17, 15) is 4.79 Å². The molecule has 1 aromatic rings. The summed E-state index contributed by atoms with van der Waals surface area (Å²) in [7, 11) is 2.07. The Balaban J connectivity index is 1.41. The second kappa shape index (κ2) is 7.39. The molecular formula is C18H30N4O. The van der Waals surface area contributed by atoms with E-state index in [0.717, 1.165) is 32.4 Å². The summed E-state index contributed by atoms with van der Waals surface area (Å²) < 4.78 is 2.15. The van der Waals surface area contributed by atoms with Gasteiger partial charge in [0, 0.05) is 44.1 Å². The Labute approximate surface area is 139 Å². The number of urea groups is 1. The smallest absolute Gasteiger partial charge is 0.317 e. The Kier molecular flexibility index (Phi) is 5.26. The minimum absolute atomic E-state index is 0.117. The van der Waals surface area contributed by atoms with Crippen LogP contribution in [0.2, 0.25) is 0 Å². The zero-order valence-corrected chi connectivity index (χ0v) is 14.5. The predicted octanol–water partition coefficient (Wildman–Crippen LogP) is 2.23. The number of carbonyl (C=O) groups excluding carboxylic acids is 1. The molecule has 1 aromatic heterocycles. The van der Waals surface area contributed by atoms with E-state index in [4.69, 9.17) is 0 Å². The molecule has 5 heteroatoms. The van der Waals surface area contributed by atoms with E-state index in [1.165, 1.54) is 31.6 Å². The highest BCUT2D eigenvalue weighted by molar-refractivity contribution is 5.74. The Bertz CT molecular complexity index is 521. The molecule has 2 atom stereocenters. The average Bonchev–Trinajstić information content (AvgIpc) is 3.26. The van der Waals surface area contributed by atoms with Crippen LogP contribution in [0.3, 0.4) is 0 Å². The first-order valence-corrected chi connectivity index (χ1v) is 9.03. The monoisotopic (exact) mass is 318 g/mol. The van der Waals surface area contributed by atoms with Crippen LogP contribution in [-0.2, 0) is 13.5 Å². The molecule has 0 bridgehead atoms. The molecule has 5 nitrogen and oxygen atoms in total. The average molecular weight is 318 g/mol. The summed E-state index contributed by atoms with van der Waals surface area (Å²) in [6.07, 6.45) is 7.82. The van der Waals surface area contributed by atoms with Crippen LogP contribution < -0.4 is 5.32 Å². The number of amides is 2. The van der Waals surface area contributed by atoms with Crippen molar-refractivity contribution in [3.05, 3.63) is 24.0 Å². The van der Waals surface area contributed by atoms with E-state index in [-0.39, 0.29) is 12.1 Å². The first kappa shape index (κ1) is 16.4. The molecule has 2 amide bonds. The van der Waals surface area contributed by atoms with Crippen molar-refractivity contribution in [2.24, 2.45) is 7.05 Å². The molecule has 2 fully saturated rings. The Hall–Kier alpha value is -1.49. The third-order valence-corrected chi connectivity index (χ3v) is 5.36. The van der Waals surface area contributed by atoms with E-state index in [0.29, 0.717) is 6.04 Å². The molecule has 23 heavy (non-hydrogen) atoms. The standard InChI is InChI=1S/C18H30N4O/c1-15(7-8-16-6-5-10-20(16)2)19-18(23)22-13-9-17(14-22)21-11-3-4-12-21/h5-6,10,15,17H,3-4,7-9,11-14H2,1-2H3,(H,19,23). The van der Waals surface area contributed by atoms with Crippen LogP contribution in [0, 0.1) is 0 Å². The van der Waals surface area contributed by atoms with Gasteiger partial charge in [0.1, 0.15) is 0 Å². The number of hydrogen-bond donors (Lipinski definition) is 1. The van der Waals surface area contributed by atoms with Crippen LogP contribution >= 0.6 is 0 Å². The molecule has 0 aliphatic carbocycles. The van der Waals surface area contributed by atoms with E-state index < -0.39 is 0 Å². The third-order valence-electron chi connectivity index (χ3n) is 5.36. The predicted molar refractivity (Wildman–Crippen MR) is 92.5 cm³/mol. The van der Waals surface area contributed by atoms with Gasteiger partial charge in [-0.15, -0.1) is 0 Å². The van der Waals surface area contributed by atoms with Gasteiger partial charge in [0.25, 0.3) is 0 Å². The van der Waals surface area contributed by atoms with Crippen LogP contribution in [0.25, 0.3) is 0 Å². The highest BCUT2D eigenvalue weighted by atomic mass is 16.2. The van der Waals surface area contributed by atoms with Gasteiger partial charge in [-0.3, -0.25) is 4.90 Å². The van der Waals surface area contributed by atoms with Gasteiger partial charge in [-0.1, -0.05) is 0 Å². The van der Waals surface area contributed by atoms with Crippen molar-refractivity contribution in [3.63, 3.8) is 0 Å². The van der Waals surface area contributed by atoms with E-state index in [2.05, 4.69) is 47.1 Å². The normalized spacial score (nSPS) is 23.4. The van der Waals surface area contributed by atoms with Crippen LogP contribution in [0.5, 0.6) is 0 Å². The zero-order valence-electron chi connectivity index (χ0n) is 14.5. The lowest BCUT2D eigenvalue weighted by Crippen LogP contribution is -2.44. The second-order valence-corrected chi connectivity index (χ2v) is 7.13. The largest absolute Gasteiger partial charge is 0.354 e. The molecule has 2 saturated heterocycles. The number of likely N-dealkylation sites (tertiary alicyclic amines) is 2. The van der Waals surface area contributed by atoms with Crippen molar-refractivity contribution in [1.29, 1.82) is 0 Å². The van der Waals surface area contributed by atoms with Gasteiger partial charge in [-0.25, -0.2) is 4.79 Å². The molecule has 0 saturated carbocycles. The fraction of sp³-hybridized carbons (Fsp3) is 0.722. The van der Waals surface area contributed by atoms with Gasteiger partial charge in [0.2, 0.25) is 0 Å². The topological polar surface area (TPSA) is 40.5 Å². The Morgan fingerprint density at radius 1 is 1.35 bits per heavy atom. The van der Waals surface area contributed by atoms with Crippen molar-refractivity contribution in [3.8, 4) is 0 Å². The maximum Gasteiger partial charge on any atom is 0.317 e. The van der Waals surface area contributed by atoms with Gasteiger partial charge < -0.3 is 14.8 Å². The molecule has 0 spiro atoms. The fourth-order valence-corrected chi connectivity index (χ4v) is 3.83. The summed E-state index contributed by atoms with van der Waals surface area (Å²) in [5, 5.41) is 3.17. The summed E-state index contributed by atoms with van der Waals surface area (Å²) in [6, 6.07) is 5.13. The van der Waals surface area contributed by atoms with Crippen molar-refractivity contribution in [2.45, 2.75) is 51.1 Å². The molecule has 2 unspecified atom stereocenters. The van der Waals surface area contributed by atoms with Crippen molar-refractivity contribution >= 4 is 6.03 Å². The molecular weight excluding hydrogens is 288 g/mol. The number of carbonyl (C=O) groups is 1. The lowest BCUT2D eigenvalue weighted by atomic mass is 10.1. The number of nitrogens with one attached hydrogen (secondary N) is 1. The Morgan fingerprint density at radius 3 is 2.83 bits per heavy atom. The lowest BCUT2D eigenvalue weighted by molar-refractivity contribution is 0.195. The van der Waals surface area contributed by atoms with Gasteiger partial charge in [0.05, 0.1) is 0 Å². The molecule has 0 radical (unpaired) electrons. The van der Waals surface area contributed by atoms with E-state index in [1.54, 1.807) is 0 Å². The second-order valence-electron chi connectivity index (χ2n) is 7.13. The summed E-state index contributed by atoms with van der Waals surface area (Å²) in [5.74, 6) is 0. The number of rotatable bonds is 5. The van der Waals surface area contributed by atoms with Crippen LogP contribution in [0.1, 0.15) is 38.3 Å². The van der Waals surface area contributed by atoms with E-state index in [1.807, 2.05) is 4.90 Å². The van der Waals surface area contributed by atoms with Gasteiger partial charge in [0.15, 0.2) is 0 Å². The Morgan fingerprint density at radius 2 is 2.13 bits per heavy atom. The van der Waals surface area contributed by atoms with Gasteiger partial charge in [-0.05, 0) is 64.3 Å². The number of nitrogens with zero attached hydrogens (tertiary/aromatic N) is 3. The summed E-state index contributed by atoms with van der Waals surface area (Å²) in [5.41, 5.74) is 1.32. The first-order valence-electron chi connectivity index (χ1n) is 9.03. The van der Waals surface area contributed by atoms with E-state index >= 15 is 0 Å². The molecule has 0 aromatic carbocycles.